The zero-order valence-corrected chi connectivity index (χ0v) is 20.2. The van der Waals surface area contributed by atoms with Crippen molar-refractivity contribution >= 4 is 28.1 Å². The molecule has 0 aliphatic heterocycles. The van der Waals surface area contributed by atoms with Crippen molar-refractivity contribution in [2.75, 3.05) is 7.11 Å². The van der Waals surface area contributed by atoms with Gasteiger partial charge in [0, 0.05) is 16.7 Å². The number of hydrazone groups is 1. The quantitative estimate of drug-likeness (QED) is 0.404. The van der Waals surface area contributed by atoms with Gasteiger partial charge in [0.25, 0.3) is 5.91 Å². The molecular formula is C22H27BrN6O2. The van der Waals surface area contributed by atoms with Gasteiger partial charge >= 0.3 is 0 Å². The van der Waals surface area contributed by atoms with Gasteiger partial charge in [0.1, 0.15) is 5.75 Å². The Hall–Kier alpha value is -2.94. The average Bonchev–Trinajstić information content (AvgIpc) is 3.30. The Morgan fingerprint density at radius 3 is 2.65 bits per heavy atom. The second-order valence-electron chi connectivity index (χ2n) is 8.33. The van der Waals surface area contributed by atoms with E-state index >= 15 is 0 Å². The number of nitrogens with one attached hydrogen (secondary N) is 2. The predicted molar refractivity (Wildman–Crippen MR) is 124 cm³/mol. The first-order valence-electron chi connectivity index (χ1n) is 9.86. The molecule has 0 fully saturated rings. The molecule has 0 spiro atoms. The second kappa shape index (κ2) is 9.05. The van der Waals surface area contributed by atoms with E-state index in [2.05, 4.69) is 41.8 Å². The number of methoxy groups -OCH3 is 1. The highest BCUT2D eigenvalue weighted by Crippen LogP contribution is 2.24. The van der Waals surface area contributed by atoms with Crippen molar-refractivity contribution in [1.82, 2.24) is 25.4 Å². The summed E-state index contributed by atoms with van der Waals surface area (Å²) in [7, 11) is 1.64. The van der Waals surface area contributed by atoms with E-state index in [1.807, 2.05) is 57.5 Å². The lowest BCUT2D eigenvalue weighted by molar-refractivity contribution is 0.0950. The number of aromatic amines is 1. The molecule has 0 atom stereocenters. The van der Waals surface area contributed by atoms with Gasteiger partial charge in [0.2, 0.25) is 0 Å². The average molecular weight is 487 g/mol. The number of halogens is 1. The van der Waals surface area contributed by atoms with Crippen molar-refractivity contribution in [1.29, 1.82) is 0 Å². The van der Waals surface area contributed by atoms with E-state index in [1.54, 1.807) is 19.4 Å². The number of amides is 1. The van der Waals surface area contributed by atoms with E-state index in [-0.39, 0.29) is 11.3 Å². The van der Waals surface area contributed by atoms with E-state index in [4.69, 9.17) is 4.74 Å². The zero-order chi connectivity index (χ0) is 22.8. The number of carbonyl (C=O) groups is 1. The summed E-state index contributed by atoms with van der Waals surface area (Å²) in [5, 5.41) is 15.6. The molecule has 2 heterocycles. The van der Waals surface area contributed by atoms with Gasteiger partial charge in [-0.25, -0.2) is 5.43 Å². The Balaban J connectivity index is 1.73. The number of carbonyl (C=O) groups excluding carboxylic acids is 1. The molecule has 3 aromatic rings. The van der Waals surface area contributed by atoms with Gasteiger partial charge in [0.15, 0.2) is 5.69 Å². The van der Waals surface area contributed by atoms with Crippen molar-refractivity contribution in [3.05, 3.63) is 62.6 Å². The Bertz CT molecular complexity index is 1120. The molecule has 3 rings (SSSR count). The SMILES string of the molecule is COc1ccc(C=NNC(=O)c2cc(C(C)(C)C)[nH]n2)cc1Cn1nc(C)c(Br)c1C. The van der Waals surface area contributed by atoms with E-state index < -0.39 is 0 Å². The topological polar surface area (TPSA) is 97.2 Å². The Kier molecular flexibility index (Phi) is 6.64. The summed E-state index contributed by atoms with van der Waals surface area (Å²) >= 11 is 3.56. The highest BCUT2D eigenvalue weighted by atomic mass is 79.9. The van der Waals surface area contributed by atoms with Gasteiger partial charge in [-0.15, -0.1) is 0 Å². The third-order valence-electron chi connectivity index (χ3n) is 4.92. The summed E-state index contributed by atoms with van der Waals surface area (Å²) in [6, 6.07) is 7.46. The van der Waals surface area contributed by atoms with Crippen LogP contribution in [0.3, 0.4) is 0 Å². The molecule has 9 heteroatoms. The number of hydrogen-bond acceptors (Lipinski definition) is 5. The van der Waals surface area contributed by atoms with Gasteiger partial charge < -0.3 is 4.74 Å². The zero-order valence-electron chi connectivity index (χ0n) is 18.6. The molecule has 0 aliphatic carbocycles. The van der Waals surface area contributed by atoms with Crippen molar-refractivity contribution in [3.8, 4) is 5.75 Å². The van der Waals surface area contributed by atoms with Crippen LogP contribution in [0.2, 0.25) is 0 Å². The molecule has 2 aromatic heterocycles. The fourth-order valence-electron chi connectivity index (χ4n) is 3.04. The molecule has 0 bridgehead atoms. The van der Waals surface area contributed by atoms with E-state index in [9.17, 15) is 4.79 Å². The molecule has 2 N–H and O–H groups in total. The Morgan fingerprint density at radius 1 is 1.32 bits per heavy atom. The number of benzene rings is 1. The van der Waals surface area contributed by atoms with Crippen LogP contribution in [0.25, 0.3) is 0 Å². The molecular weight excluding hydrogens is 460 g/mol. The third-order valence-corrected chi connectivity index (χ3v) is 6.06. The number of rotatable bonds is 6. The summed E-state index contributed by atoms with van der Waals surface area (Å²) in [5.74, 6) is 0.389. The standard InChI is InChI=1S/C22H27BrN6O2/c1-13-20(23)14(2)29(28-13)12-16-9-15(7-8-18(16)31-6)11-24-27-21(30)17-10-19(26-25-17)22(3,4)5/h7-11H,12H2,1-6H3,(H,25,26)(H,27,30). The molecule has 0 radical (unpaired) electrons. The maximum atomic E-state index is 12.3. The fourth-order valence-corrected chi connectivity index (χ4v) is 3.32. The molecule has 8 nitrogen and oxygen atoms in total. The number of aryl methyl sites for hydroxylation is 1. The van der Waals surface area contributed by atoms with Crippen molar-refractivity contribution in [3.63, 3.8) is 0 Å². The minimum atomic E-state index is -0.371. The maximum absolute atomic E-state index is 12.3. The molecule has 0 unspecified atom stereocenters. The summed E-state index contributed by atoms with van der Waals surface area (Å²) in [6.07, 6.45) is 1.59. The normalized spacial score (nSPS) is 11.8. The molecule has 0 saturated carbocycles. The first-order valence-corrected chi connectivity index (χ1v) is 10.6. The molecule has 164 valence electrons. The summed E-state index contributed by atoms with van der Waals surface area (Å²) in [5.41, 5.74) is 7.35. The van der Waals surface area contributed by atoms with Crippen LogP contribution >= 0.6 is 15.9 Å². The van der Waals surface area contributed by atoms with Gasteiger partial charge in [-0.1, -0.05) is 20.8 Å². The Labute approximate surface area is 190 Å². The first kappa shape index (κ1) is 22.7. The van der Waals surface area contributed by atoms with E-state index in [0.717, 1.165) is 38.4 Å². The van der Waals surface area contributed by atoms with E-state index in [0.29, 0.717) is 12.2 Å². The van der Waals surface area contributed by atoms with E-state index in [1.165, 1.54) is 0 Å². The van der Waals surface area contributed by atoms with Crippen LogP contribution in [0, 0.1) is 13.8 Å². The van der Waals surface area contributed by atoms with Gasteiger partial charge in [0.05, 0.1) is 35.7 Å². The number of aromatic nitrogens is 4. The summed E-state index contributed by atoms with van der Waals surface area (Å²) in [4.78, 5) is 12.3. The number of H-pyrrole nitrogens is 1. The van der Waals surface area contributed by atoms with Crippen LogP contribution in [-0.4, -0.2) is 39.2 Å². The van der Waals surface area contributed by atoms with Crippen molar-refractivity contribution in [2.45, 2.75) is 46.6 Å². The highest BCUT2D eigenvalue weighted by Gasteiger charge is 2.19. The van der Waals surface area contributed by atoms with Crippen LogP contribution in [0.5, 0.6) is 5.75 Å². The van der Waals surface area contributed by atoms with Crippen LogP contribution in [0.1, 0.15) is 59.5 Å². The summed E-state index contributed by atoms with van der Waals surface area (Å²) < 4.78 is 8.42. The van der Waals surface area contributed by atoms with Gasteiger partial charge in [-0.05, 0) is 59.6 Å². The number of ether oxygens (including phenoxy) is 1. The second-order valence-corrected chi connectivity index (χ2v) is 9.12. The monoisotopic (exact) mass is 486 g/mol. The largest absolute Gasteiger partial charge is 0.496 e. The number of nitrogens with zero attached hydrogens (tertiary/aromatic N) is 4. The van der Waals surface area contributed by atoms with Gasteiger partial charge in [-0.3, -0.25) is 14.6 Å². The van der Waals surface area contributed by atoms with Crippen molar-refractivity contribution in [2.24, 2.45) is 5.10 Å². The third kappa shape index (κ3) is 5.22. The van der Waals surface area contributed by atoms with Crippen LogP contribution in [-0.2, 0) is 12.0 Å². The highest BCUT2D eigenvalue weighted by molar-refractivity contribution is 9.10. The smallest absolute Gasteiger partial charge is 0.291 e. The fraction of sp³-hybridized carbons (Fsp3) is 0.364. The maximum Gasteiger partial charge on any atom is 0.291 e. The van der Waals surface area contributed by atoms with Crippen LogP contribution in [0.15, 0.2) is 33.8 Å². The molecule has 31 heavy (non-hydrogen) atoms. The minimum absolute atomic E-state index is 0.116. The van der Waals surface area contributed by atoms with Crippen LogP contribution in [0.4, 0.5) is 0 Å². The lowest BCUT2D eigenvalue weighted by Gasteiger charge is -2.14. The number of hydrogen-bond donors (Lipinski definition) is 2. The minimum Gasteiger partial charge on any atom is -0.496 e. The van der Waals surface area contributed by atoms with Gasteiger partial charge in [-0.2, -0.15) is 15.3 Å². The molecule has 0 aliphatic rings. The molecule has 0 saturated heterocycles. The Morgan fingerprint density at radius 2 is 2.06 bits per heavy atom. The molecule has 1 amide bonds. The van der Waals surface area contributed by atoms with Crippen molar-refractivity contribution < 1.29 is 9.53 Å². The predicted octanol–water partition coefficient (Wildman–Crippen LogP) is 4.10. The lowest BCUT2D eigenvalue weighted by Crippen LogP contribution is -2.18. The molecule has 1 aromatic carbocycles. The van der Waals surface area contributed by atoms with Crippen LogP contribution < -0.4 is 10.2 Å². The lowest BCUT2D eigenvalue weighted by atomic mass is 9.92. The summed E-state index contributed by atoms with van der Waals surface area (Å²) in [6.45, 7) is 10.7. The first-order chi connectivity index (χ1) is 14.6.